The first-order chi connectivity index (χ1) is 27.7. The second-order valence-electron chi connectivity index (χ2n) is 18.6. The van der Waals surface area contributed by atoms with E-state index in [0.717, 1.165) is 0 Å². The summed E-state index contributed by atoms with van der Waals surface area (Å²) < 4.78 is 1.34. The Morgan fingerprint density at radius 1 is 0.228 bits per heavy atom. The van der Waals surface area contributed by atoms with Gasteiger partial charge in [-0.25, -0.2) is 0 Å². The van der Waals surface area contributed by atoms with E-state index in [4.69, 9.17) is 0 Å². The highest BCUT2D eigenvalue weighted by atomic mass is 35.5. The summed E-state index contributed by atoms with van der Waals surface area (Å²) in [6.07, 6.45) is 73.9. The highest BCUT2D eigenvalue weighted by Crippen LogP contribution is 2.18. The number of nitrogens with zero attached hydrogens (tertiary/aromatic N) is 1. The lowest BCUT2D eigenvalue weighted by Crippen LogP contribution is -3.00. The van der Waals surface area contributed by atoms with Crippen LogP contribution in [0.4, 0.5) is 0 Å². The summed E-state index contributed by atoms with van der Waals surface area (Å²) >= 11 is 0. The number of quaternary nitrogens is 1. The van der Waals surface area contributed by atoms with E-state index in [9.17, 15) is 0 Å². The van der Waals surface area contributed by atoms with E-state index >= 15 is 0 Å². The van der Waals surface area contributed by atoms with Crippen molar-refractivity contribution in [3.63, 3.8) is 0 Å². The number of hydrogen-bond donors (Lipinski definition) is 0. The molecule has 0 fully saturated rings. The molecule has 0 aromatic heterocycles. The fourth-order valence-electron chi connectivity index (χ4n) is 8.56. The molecule has 0 amide bonds. The number of allylic oxidation sites excluding steroid dienone is 6. The van der Waals surface area contributed by atoms with Crippen molar-refractivity contribution >= 4 is 0 Å². The second kappa shape index (κ2) is 51.6. The van der Waals surface area contributed by atoms with Crippen molar-refractivity contribution < 1.29 is 16.9 Å². The maximum absolute atomic E-state index is 2.62. The Kier molecular flexibility index (Phi) is 53.0. The fourth-order valence-corrected chi connectivity index (χ4v) is 8.56. The Labute approximate surface area is 369 Å². The van der Waals surface area contributed by atoms with E-state index < -0.39 is 0 Å². The molecule has 0 aliphatic heterocycles. The maximum Gasteiger partial charge on any atom is 0.0784 e. The van der Waals surface area contributed by atoms with Crippen molar-refractivity contribution in [2.75, 3.05) is 26.7 Å². The second-order valence-corrected chi connectivity index (χ2v) is 18.6. The van der Waals surface area contributed by atoms with Crippen LogP contribution in [0.5, 0.6) is 0 Å². The molecule has 57 heavy (non-hydrogen) atoms. The lowest BCUT2D eigenvalue weighted by Gasteiger charge is -2.35. The molecule has 0 atom stereocenters. The molecule has 2 heteroatoms. The predicted molar refractivity (Wildman–Crippen MR) is 259 cm³/mol. The average molecular weight is 819 g/mol. The number of hydrogen-bond acceptors (Lipinski definition) is 0. The molecule has 0 aromatic carbocycles. The summed E-state index contributed by atoms with van der Waals surface area (Å²) in [6.45, 7) is 11.2. The first-order valence-electron chi connectivity index (χ1n) is 26.5. The lowest BCUT2D eigenvalue weighted by atomic mass is 10.1. The molecule has 340 valence electrons. The van der Waals surface area contributed by atoms with Crippen molar-refractivity contribution in [2.24, 2.45) is 0 Å². The Bertz CT molecular complexity index is 696. The van der Waals surface area contributed by atoms with Gasteiger partial charge in [0.05, 0.1) is 26.7 Å². The minimum atomic E-state index is 0. The van der Waals surface area contributed by atoms with E-state index in [1.54, 1.807) is 0 Å². The van der Waals surface area contributed by atoms with Gasteiger partial charge in [-0.15, -0.1) is 0 Å². The van der Waals surface area contributed by atoms with Gasteiger partial charge in [0.2, 0.25) is 0 Å². The van der Waals surface area contributed by atoms with Crippen LogP contribution in [-0.2, 0) is 0 Å². The average Bonchev–Trinajstić information content (AvgIpc) is 3.20. The van der Waals surface area contributed by atoms with Crippen molar-refractivity contribution in [1.29, 1.82) is 0 Å². The molecule has 0 aliphatic rings. The van der Waals surface area contributed by atoms with Crippen molar-refractivity contribution in [3.05, 3.63) is 36.5 Å². The van der Waals surface area contributed by atoms with E-state index in [1.165, 1.54) is 294 Å². The molecule has 0 heterocycles. The Morgan fingerprint density at radius 3 is 0.579 bits per heavy atom. The third-order valence-corrected chi connectivity index (χ3v) is 12.6. The van der Waals surface area contributed by atoms with Gasteiger partial charge in [-0.05, 0) is 116 Å². The first-order valence-corrected chi connectivity index (χ1v) is 26.5. The smallest absolute Gasteiger partial charge is 0.0784 e. The molecular weight excluding hydrogens is 710 g/mol. The monoisotopic (exact) mass is 818 g/mol. The summed E-state index contributed by atoms with van der Waals surface area (Å²) in [6, 6.07) is 0. The SMILES string of the molecule is CCCCCCCC/C=C\CCCCCCCC[N+](C)(CCCCCCCC/C=C\CCCCCCCC)CCCCCCCC/C=C\CCCCCCCC.[Cl-]. The summed E-state index contributed by atoms with van der Waals surface area (Å²) in [5.74, 6) is 0. The van der Waals surface area contributed by atoms with E-state index in [1.807, 2.05) is 0 Å². The summed E-state index contributed by atoms with van der Waals surface area (Å²) in [5.41, 5.74) is 0. The Morgan fingerprint density at radius 2 is 0.386 bits per heavy atom. The van der Waals surface area contributed by atoms with Gasteiger partial charge in [-0.1, -0.05) is 211 Å². The van der Waals surface area contributed by atoms with Gasteiger partial charge >= 0.3 is 0 Å². The predicted octanol–water partition coefficient (Wildman–Crippen LogP) is 16.5. The van der Waals surface area contributed by atoms with Crippen LogP contribution in [-0.4, -0.2) is 31.2 Å². The van der Waals surface area contributed by atoms with Crippen molar-refractivity contribution in [2.45, 2.75) is 290 Å². The number of halogens is 1. The van der Waals surface area contributed by atoms with E-state index in [0.29, 0.717) is 0 Å². The molecule has 0 saturated carbocycles. The van der Waals surface area contributed by atoms with Crippen LogP contribution in [0.1, 0.15) is 290 Å². The fraction of sp³-hybridized carbons (Fsp3) is 0.891. The van der Waals surface area contributed by atoms with Gasteiger partial charge in [0.1, 0.15) is 0 Å². The zero-order chi connectivity index (χ0) is 40.6. The number of rotatable bonds is 48. The van der Waals surface area contributed by atoms with Gasteiger partial charge in [0.15, 0.2) is 0 Å². The van der Waals surface area contributed by atoms with Crippen LogP contribution < -0.4 is 12.4 Å². The molecule has 0 aromatic rings. The minimum absolute atomic E-state index is 0. The summed E-state index contributed by atoms with van der Waals surface area (Å²) in [4.78, 5) is 0. The van der Waals surface area contributed by atoms with Gasteiger partial charge in [-0.3, -0.25) is 0 Å². The topological polar surface area (TPSA) is 0 Å². The van der Waals surface area contributed by atoms with Crippen LogP contribution in [0, 0.1) is 0 Å². The van der Waals surface area contributed by atoms with Gasteiger partial charge in [-0.2, -0.15) is 0 Å². The molecular formula is C55H108ClN. The first kappa shape index (κ1) is 58.6. The third-order valence-electron chi connectivity index (χ3n) is 12.6. The normalized spacial score (nSPS) is 12.2. The summed E-state index contributed by atoms with van der Waals surface area (Å²) in [5, 5.41) is 0. The quantitative estimate of drug-likeness (QED) is 0.0326. The van der Waals surface area contributed by atoms with Crippen molar-refractivity contribution in [3.8, 4) is 0 Å². The maximum atomic E-state index is 2.62. The van der Waals surface area contributed by atoms with Gasteiger partial charge in [0.25, 0.3) is 0 Å². The largest absolute Gasteiger partial charge is 1.00 e. The van der Waals surface area contributed by atoms with Crippen LogP contribution >= 0.6 is 0 Å². The van der Waals surface area contributed by atoms with Crippen LogP contribution in [0.15, 0.2) is 36.5 Å². The van der Waals surface area contributed by atoms with E-state index in [-0.39, 0.29) is 12.4 Å². The molecule has 0 rings (SSSR count). The zero-order valence-electron chi connectivity index (χ0n) is 40.1. The van der Waals surface area contributed by atoms with Crippen LogP contribution in [0.2, 0.25) is 0 Å². The Balaban J connectivity index is 0. The van der Waals surface area contributed by atoms with Crippen LogP contribution in [0.3, 0.4) is 0 Å². The molecule has 1 nitrogen and oxygen atoms in total. The molecule has 0 radical (unpaired) electrons. The number of unbranched alkanes of at least 4 members (excludes halogenated alkanes) is 36. The van der Waals surface area contributed by atoms with Gasteiger partial charge in [0, 0.05) is 0 Å². The highest BCUT2D eigenvalue weighted by molar-refractivity contribution is 4.82. The summed E-state index contributed by atoms with van der Waals surface area (Å²) in [7, 11) is 2.62. The lowest BCUT2D eigenvalue weighted by molar-refractivity contribution is -0.910. The van der Waals surface area contributed by atoms with Crippen LogP contribution in [0.25, 0.3) is 0 Å². The molecule has 0 saturated heterocycles. The third kappa shape index (κ3) is 49.7. The molecule has 0 unspecified atom stereocenters. The molecule has 0 bridgehead atoms. The van der Waals surface area contributed by atoms with Gasteiger partial charge < -0.3 is 16.9 Å². The van der Waals surface area contributed by atoms with E-state index in [2.05, 4.69) is 64.3 Å². The highest BCUT2D eigenvalue weighted by Gasteiger charge is 2.20. The molecule has 0 spiro atoms. The molecule has 0 aliphatic carbocycles. The Hall–Kier alpha value is -0.530. The standard InChI is InChI=1S/C55H108N.ClH/c1-5-8-11-14-17-20-23-26-29-32-35-38-41-44-47-50-53-56(4,54-51-48-45-42-39-36-33-30-27-24-21-18-15-12-9-6-2)55-52-49-46-43-40-37-34-31-28-25-22-19-16-13-10-7-3;/h26-31H,5-25,32-55H2,1-4H3;1H/q+1;/p-1/b29-26-,30-27-,31-28-;. The zero-order valence-corrected chi connectivity index (χ0v) is 40.9. The minimum Gasteiger partial charge on any atom is -1.00 e. The van der Waals surface area contributed by atoms with Crippen molar-refractivity contribution in [1.82, 2.24) is 0 Å². The molecule has 0 N–H and O–H groups in total.